The molecule has 0 saturated carbocycles. The zero-order valence-corrected chi connectivity index (χ0v) is 7.64. The van der Waals surface area contributed by atoms with Crippen LogP contribution in [0.25, 0.3) is 0 Å². The highest BCUT2D eigenvalue weighted by Crippen LogP contribution is 2.11. The molecule has 12 heavy (non-hydrogen) atoms. The molecule has 0 radical (unpaired) electrons. The third-order valence-electron chi connectivity index (χ3n) is 1.24. The first-order chi connectivity index (χ1) is 5.86. The molecule has 0 fully saturated rings. The van der Waals surface area contributed by atoms with Crippen LogP contribution in [0.5, 0.6) is 0 Å². The largest absolute Gasteiger partial charge is 0.395 e. The number of rotatable bonds is 4. The first-order valence-electron chi connectivity index (χ1n) is 3.57. The molecule has 0 aromatic carbocycles. The number of aromatic nitrogens is 2. The van der Waals surface area contributed by atoms with Crippen molar-refractivity contribution in [2.24, 2.45) is 0 Å². The molecule has 2 N–H and O–H groups in total. The van der Waals surface area contributed by atoms with Crippen molar-refractivity contribution in [1.29, 1.82) is 0 Å². The zero-order valence-electron chi connectivity index (χ0n) is 6.82. The van der Waals surface area contributed by atoms with Crippen LogP contribution in [0, 0.1) is 0 Å². The maximum absolute atomic E-state index is 8.54. The lowest BCUT2D eigenvalue weighted by molar-refractivity contribution is 0.311. The molecule has 0 aliphatic carbocycles. The average Bonchev–Trinajstić information content (AvgIpc) is 2.15. The lowest BCUT2D eigenvalue weighted by atomic mass is 10.6. The highest BCUT2D eigenvalue weighted by atomic mass is 32.2. The van der Waals surface area contributed by atoms with E-state index in [4.69, 9.17) is 5.11 Å². The Balaban J connectivity index is 2.60. The van der Waals surface area contributed by atoms with Crippen LogP contribution in [0.15, 0.2) is 17.4 Å². The maximum atomic E-state index is 8.54. The van der Waals surface area contributed by atoms with Gasteiger partial charge in [-0.15, -0.1) is 11.8 Å². The minimum absolute atomic E-state index is 0.102. The normalized spacial score (nSPS) is 9.83. The van der Waals surface area contributed by atoms with Crippen molar-refractivity contribution in [2.45, 2.75) is 5.03 Å². The third-order valence-corrected chi connectivity index (χ3v) is 1.85. The van der Waals surface area contributed by atoms with Crippen LogP contribution in [0.3, 0.4) is 0 Å². The molecular weight excluding hydrogens is 174 g/mol. The summed E-state index contributed by atoms with van der Waals surface area (Å²) in [4.78, 5) is 8.19. The quantitative estimate of drug-likeness (QED) is 0.673. The van der Waals surface area contributed by atoms with E-state index in [9.17, 15) is 0 Å². The monoisotopic (exact) mass is 185 g/mol. The summed E-state index contributed by atoms with van der Waals surface area (Å²) in [6, 6.07) is 0. The van der Waals surface area contributed by atoms with E-state index in [1.54, 1.807) is 24.2 Å². The van der Waals surface area contributed by atoms with E-state index in [1.807, 2.05) is 6.26 Å². The second-order valence-electron chi connectivity index (χ2n) is 2.10. The molecular formula is C7H11N3OS. The smallest absolute Gasteiger partial charge is 0.145 e. The van der Waals surface area contributed by atoms with Gasteiger partial charge in [0.1, 0.15) is 10.8 Å². The lowest BCUT2D eigenvalue weighted by Crippen LogP contribution is -2.07. The minimum Gasteiger partial charge on any atom is -0.395 e. The lowest BCUT2D eigenvalue weighted by Gasteiger charge is -2.02. The predicted molar refractivity (Wildman–Crippen MR) is 49.4 cm³/mol. The summed E-state index contributed by atoms with van der Waals surface area (Å²) in [5, 5.41) is 12.3. The van der Waals surface area contributed by atoms with E-state index in [0.29, 0.717) is 12.4 Å². The molecule has 0 unspecified atom stereocenters. The van der Waals surface area contributed by atoms with Crippen LogP contribution in [0.1, 0.15) is 0 Å². The van der Waals surface area contributed by atoms with Crippen molar-refractivity contribution in [2.75, 3.05) is 24.7 Å². The van der Waals surface area contributed by atoms with Crippen LogP contribution < -0.4 is 5.32 Å². The van der Waals surface area contributed by atoms with Crippen molar-refractivity contribution >= 4 is 17.6 Å². The molecule has 0 spiro atoms. The van der Waals surface area contributed by atoms with Gasteiger partial charge in [0, 0.05) is 6.54 Å². The van der Waals surface area contributed by atoms with Gasteiger partial charge in [-0.3, -0.25) is 4.98 Å². The van der Waals surface area contributed by atoms with Gasteiger partial charge >= 0.3 is 0 Å². The highest BCUT2D eigenvalue weighted by Gasteiger charge is 1.95. The van der Waals surface area contributed by atoms with Crippen molar-refractivity contribution in [1.82, 2.24) is 9.97 Å². The molecule has 0 aliphatic heterocycles. The Labute approximate surface area is 75.4 Å². The van der Waals surface area contributed by atoms with Gasteiger partial charge in [-0.25, -0.2) is 4.98 Å². The number of nitrogens with one attached hydrogen (secondary N) is 1. The number of hydrogen-bond acceptors (Lipinski definition) is 5. The number of nitrogens with zero attached hydrogens (tertiary/aromatic N) is 2. The summed E-state index contributed by atoms with van der Waals surface area (Å²) in [6.45, 7) is 0.609. The highest BCUT2D eigenvalue weighted by molar-refractivity contribution is 7.98. The van der Waals surface area contributed by atoms with Gasteiger partial charge < -0.3 is 10.4 Å². The maximum Gasteiger partial charge on any atom is 0.145 e. The van der Waals surface area contributed by atoms with Crippen LogP contribution >= 0.6 is 11.8 Å². The molecule has 0 amide bonds. The summed E-state index contributed by atoms with van der Waals surface area (Å²) in [6.07, 6.45) is 5.28. The summed E-state index contributed by atoms with van der Waals surface area (Å²) >= 11 is 1.54. The van der Waals surface area contributed by atoms with Gasteiger partial charge in [-0.1, -0.05) is 0 Å². The summed E-state index contributed by atoms with van der Waals surface area (Å²) < 4.78 is 0. The van der Waals surface area contributed by atoms with Gasteiger partial charge in [-0.2, -0.15) is 0 Å². The van der Waals surface area contributed by atoms with E-state index in [2.05, 4.69) is 15.3 Å². The van der Waals surface area contributed by atoms with Crippen LogP contribution in [0.4, 0.5) is 5.82 Å². The second-order valence-corrected chi connectivity index (χ2v) is 2.92. The Hall–Kier alpha value is -0.810. The zero-order chi connectivity index (χ0) is 8.81. The van der Waals surface area contributed by atoms with Crippen molar-refractivity contribution < 1.29 is 5.11 Å². The fourth-order valence-electron chi connectivity index (χ4n) is 0.716. The van der Waals surface area contributed by atoms with E-state index in [0.717, 1.165) is 5.03 Å². The topological polar surface area (TPSA) is 58.0 Å². The van der Waals surface area contributed by atoms with Gasteiger partial charge in [0.2, 0.25) is 0 Å². The second kappa shape index (κ2) is 4.95. The summed E-state index contributed by atoms with van der Waals surface area (Å²) in [5.74, 6) is 0.705. The molecule has 4 nitrogen and oxygen atoms in total. The first-order valence-corrected chi connectivity index (χ1v) is 4.80. The van der Waals surface area contributed by atoms with Gasteiger partial charge in [0.25, 0.3) is 0 Å². The molecule has 0 bridgehead atoms. The SMILES string of the molecule is CSc1cncc(NCCO)n1. The Kier molecular flexibility index (Phi) is 3.83. The Morgan fingerprint density at radius 1 is 1.58 bits per heavy atom. The van der Waals surface area contributed by atoms with E-state index in [-0.39, 0.29) is 6.61 Å². The summed E-state index contributed by atoms with van der Waals surface area (Å²) in [5.41, 5.74) is 0. The molecule has 0 atom stereocenters. The van der Waals surface area contributed by atoms with Crippen LogP contribution in [-0.4, -0.2) is 34.5 Å². The molecule has 1 aromatic rings. The van der Waals surface area contributed by atoms with E-state index < -0.39 is 0 Å². The number of aliphatic hydroxyl groups excluding tert-OH is 1. The van der Waals surface area contributed by atoms with E-state index >= 15 is 0 Å². The average molecular weight is 185 g/mol. The number of anilines is 1. The minimum atomic E-state index is 0.102. The van der Waals surface area contributed by atoms with Crippen LogP contribution in [0.2, 0.25) is 0 Å². The number of thioether (sulfide) groups is 1. The number of hydrogen-bond donors (Lipinski definition) is 2. The molecule has 66 valence electrons. The van der Waals surface area contributed by atoms with Gasteiger partial charge in [-0.05, 0) is 6.26 Å². The molecule has 1 rings (SSSR count). The Morgan fingerprint density at radius 3 is 3.08 bits per heavy atom. The standard InChI is InChI=1S/C7H11N3OS/c1-12-7-5-8-4-6(10-7)9-2-3-11/h4-5,11H,2-3H2,1H3,(H,9,10). The van der Waals surface area contributed by atoms with Crippen LogP contribution in [-0.2, 0) is 0 Å². The van der Waals surface area contributed by atoms with Gasteiger partial charge in [0.15, 0.2) is 0 Å². The fourth-order valence-corrected chi connectivity index (χ4v) is 1.07. The van der Waals surface area contributed by atoms with E-state index in [1.165, 1.54) is 0 Å². The summed E-state index contributed by atoms with van der Waals surface area (Å²) in [7, 11) is 0. The third kappa shape index (κ3) is 2.67. The molecule has 5 heteroatoms. The fraction of sp³-hybridized carbons (Fsp3) is 0.429. The van der Waals surface area contributed by atoms with Crippen molar-refractivity contribution in [3.05, 3.63) is 12.4 Å². The predicted octanol–water partition coefficient (Wildman–Crippen LogP) is 0.603. The Bertz CT molecular complexity index is 244. The number of aliphatic hydroxyl groups is 1. The van der Waals surface area contributed by atoms with Gasteiger partial charge in [0.05, 0.1) is 19.0 Å². The molecule has 1 aromatic heterocycles. The first kappa shape index (κ1) is 9.28. The molecule has 1 heterocycles. The molecule has 0 aliphatic rings. The van der Waals surface area contributed by atoms with Crippen molar-refractivity contribution in [3.8, 4) is 0 Å². The molecule has 0 saturated heterocycles. The van der Waals surface area contributed by atoms with Crippen molar-refractivity contribution in [3.63, 3.8) is 0 Å². The Morgan fingerprint density at radius 2 is 2.42 bits per heavy atom.